The highest BCUT2D eigenvalue weighted by atomic mass is 16.5. The Labute approximate surface area is 168 Å². The molecule has 0 bridgehead atoms. The number of carbonyl (C=O) groups is 2. The van der Waals surface area contributed by atoms with Crippen molar-refractivity contribution in [1.29, 1.82) is 5.26 Å². The van der Waals surface area contributed by atoms with Gasteiger partial charge in [-0.3, -0.25) is 9.59 Å². The summed E-state index contributed by atoms with van der Waals surface area (Å²) in [6, 6.07) is 11.0. The largest absolute Gasteiger partial charge is 0.453 e. The topological polar surface area (TPSA) is 109 Å². The number of nitrogens with zero attached hydrogens (tertiary/aromatic N) is 4. The third-order valence-electron chi connectivity index (χ3n) is 4.63. The van der Waals surface area contributed by atoms with E-state index in [-0.39, 0.29) is 12.3 Å². The number of anilines is 1. The molecule has 3 aromatic rings. The number of nitriles is 1. The molecule has 0 aliphatic carbocycles. The highest BCUT2D eigenvalue weighted by Crippen LogP contribution is 2.18. The average molecular weight is 391 g/mol. The summed E-state index contributed by atoms with van der Waals surface area (Å²) in [5, 5.41) is 16.0. The van der Waals surface area contributed by atoms with E-state index in [9.17, 15) is 9.59 Å². The molecule has 8 nitrogen and oxygen atoms in total. The van der Waals surface area contributed by atoms with Crippen LogP contribution in [0.3, 0.4) is 0 Å². The number of fused-ring (bicyclic) bond motifs is 1. The Morgan fingerprint density at radius 2 is 2.00 bits per heavy atom. The molecule has 1 N–H and O–H groups in total. The number of aromatic nitrogens is 3. The van der Waals surface area contributed by atoms with Gasteiger partial charge in [0, 0.05) is 23.5 Å². The zero-order valence-electron chi connectivity index (χ0n) is 16.5. The van der Waals surface area contributed by atoms with Crippen molar-refractivity contribution in [1.82, 2.24) is 14.6 Å². The Balaban J connectivity index is 1.62. The van der Waals surface area contributed by atoms with Crippen LogP contribution in [0, 0.1) is 25.2 Å². The van der Waals surface area contributed by atoms with Gasteiger partial charge in [0.15, 0.2) is 11.8 Å². The first-order valence-corrected chi connectivity index (χ1v) is 9.20. The van der Waals surface area contributed by atoms with Crippen LogP contribution in [0.2, 0.25) is 0 Å². The van der Waals surface area contributed by atoms with E-state index in [1.54, 1.807) is 28.8 Å². The predicted molar refractivity (Wildman–Crippen MR) is 106 cm³/mol. The quantitative estimate of drug-likeness (QED) is 0.647. The lowest BCUT2D eigenvalue weighted by atomic mass is 10.1. The normalized spacial score (nSPS) is 11.7. The predicted octanol–water partition coefficient (Wildman–Crippen LogP) is 2.72. The van der Waals surface area contributed by atoms with Gasteiger partial charge in [0.1, 0.15) is 11.6 Å². The summed E-state index contributed by atoms with van der Waals surface area (Å²) in [4.78, 5) is 28.8. The van der Waals surface area contributed by atoms with Gasteiger partial charge in [0.05, 0.1) is 6.20 Å². The fourth-order valence-corrected chi connectivity index (χ4v) is 3.05. The molecule has 1 unspecified atom stereocenters. The van der Waals surface area contributed by atoms with Crippen LogP contribution in [0.5, 0.6) is 0 Å². The molecule has 0 spiro atoms. The number of amides is 1. The molecule has 1 atom stereocenters. The second-order valence-corrected chi connectivity index (χ2v) is 6.65. The van der Waals surface area contributed by atoms with Gasteiger partial charge in [-0.15, -0.1) is 0 Å². The maximum atomic E-state index is 12.2. The summed E-state index contributed by atoms with van der Waals surface area (Å²) in [7, 11) is 0. The third kappa shape index (κ3) is 4.41. The molecule has 0 saturated heterocycles. The number of benzene rings is 1. The third-order valence-corrected chi connectivity index (χ3v) is 4.63. The smallest absolute Gasteiger partial charge is 0.306 e. The number of hydrogen-bond acceptors (Lipinski definition) is 6. The van der Waals surface area contributed by atoms with E-state index in [4.69, 9.17) is 10.00 Å². The van der Waals surface area contributed by atoms with Crippen LogP contribution in [0.1, 0.15) is 35.9 Å². The summed E-state index contributed by atoms with van der Waals surface area (Å²) >= 11 is 0. The number of rotatable bonds is 6. The number of aryl methyl sites for hydroxylation is 2. The highest BCUT2D eigenvalue weighted by Gasteiger charge is 2.19. The van der Waals surface area contributed by atoms with Gasteiger partial charge >= 0.3 is 5.97 Å². The Morgan fingerprint density at radius 3 is 2.69 bits per heavy atom. The molecule has 0 aliphatic rings. The summed E-state index contributed by atoms with van der Waals surface area (Å²) in [5.74, 6) is -0.863. The first kappa shape index (κ1) is 20.0. The van der Waals surface area contributed by atoms with Crippen molar-refractivity contribution in [3.63, 3.8) is 0 Å². The van der Waals surface area contributed by atoms with E-state index in [0.29, 0.717) is 23.3 Å². The molecule has 1 aromatic carbocycles. The summed E-state index contributed by atoms with van der Waals surface area (Å²) < 4.78 is 6.86. The van der Waals surface area contributed by atoms with E-state index in [1.807, 2.05) is 19.9 Å². The van der Waals surface area contributed by atoms with Crippen molar-refractivity contribution in [3.05, 3.63) is 59.0 Å². The highest BCUT2D eigenvalue weighted by molar-refractivity contribution is 5.95. The minimum Gasteiger partial charge on any atom is -0.453 e. The molecule has 0 fully saturated rings. The fraction of sp³-hybridized carbons (Fsp3) is 0.286. The van der Waals surface area contributed by atoms with Crippen molar-refractivity contribution in [3.8, 4) is 6.07 Å². The van der Waals surface area contributed by atoms with E-state index < -0.39 is 12.1 Å². The second kappa shape index (κ2) is 8.52. The Bertz CT molecular complexity index is 1100. The van der Waals surface area contributed by atoms with Crippen molar-refractivity contribution in [2.45, 2.75) is 39.7 Å². The Kier molecular flexibility index (Phi) is 5.88. The molecule has 3 rings (SSSR count). The van der Waals surface area contributed by atoms with Crippen LogP contribution < -0.4 is 5.32 Å². The first-order chi connectivity index (χ1) is 13.9. The zero-order valence-corrected chi connectivity index (χ0v) is 16.5. The minimum absolute atomic E-state index is 0.101. The number of ether oxygens (including phenoxy) is 1. The lowest BCUT2D eigenvalue weighted by molar-refractivity contribution is -0.153. The number of nitrogens with one attached hydrogen (secondary N) is 1. The van der Waals surface area contributed by atoms with Crippen molar-refractivity contribution < 1.29 is 14.3 Å². The zero-order chi connectivity index (χ0) is 21.0. The summed E-state index contributed by atoms with van der Waals surface area (Å²) in [5.41, 5.74) is 3.96. The number of hydrogen-bond donors (Lipinski definition) is 1. The maximum Gasteiger partial charge on any atom is 0.306 e. The molecule has 29 heavy (non-hydrogen) atoms. The molecule has 148 valence electrons. The lowest BCUT2D eigenvalue weighted by Crippen LogP contribution is -2.30. The fourth-order valence-electron chi connectivity index (χ4n) is 3.05. The molecule has 0 aliphatic heterocycles. The van der Waals surface area contributed by atoms with Crippen LogP contribution in [0.15, 0.2) is 36.5 Å². The van der Waals surface area contributed by atoms with Gasteiger partial charge in [-0.2, -0.15) is 10.4 Å². The van der Waals surface area contributed by atoms with Crippen molar-refractivity contribution >= 4 is 23.2 Å². The minimum atomic E-state index is -0.908. The summed E-state index contributed by atoms with van der Waals surface area (Å²) in [6.07, 6.45) is 1.06. The van der Waals surface area contributed by atoms with Gasteiger partial charge in [-0.05, 0) is 44.9 Å². The van der Waals surface area contributed by atoms with Crippen molar-refractivity contribution in [2.24, 2.45) is 0 Å². The van der Waals surface area contributed by atoms with Gasteiger partial charge in [0.2, 0.25) is 0 Å². The van der Waals surface area contributed by atoms with Crippen LogP contribution in [0.25, 0.3) is 5.65 Å². The molecule has 0 saturated carbocycles. The second-order valence-electron chi connectivity index (χ2n) is 6.65. The van der Waals surface area contributed by atoms with Gasteiger partial charge in [0.25, 0.3) is 5.91 Å². The Hall–Kier alpha value is -3.73. The monoisotopic (exact) mass is 391 g/mol. The Morgan fingerprint density at radius 1 is 1.28 bits per heavy atom. The van der Waals surface area contributed by atoms with Crippen LogP contribution in [-0.2, 0) is 20.7 Å². The number of para-hydroxylation sites is 1. The molecule has 1 amide bonds. The number of esters is 1. The van der Waals surface area contributed by atoms with E-state index >= 15 is 0 Å². The average Bonchev–Trinajstić information content (AvgIpc) is 3.11. The SMILES string of the molecule is Cc1nc2c(C#N)cnn2c(C)c1CCC(=O)OC(C)C(=O)Nc1ccccc1. The van der Waals surface area contributed by atoms with Gasteiger partial charge in [-0.25, -0.2) is 9.50 Å². The van der Waals surface area contributed by atoms with Gasteiger partial charge < -0.3 is 10.1 Å². The van der Waals surface area contributed by atoms with Crippen molar-refractivity contribution in [2.75, 3.05) is 5.32 Å². The molecular formula is C21H21N5O3. The lowest BCUT2D eigenvalue weighted by Gasteiger charge is -2.14. The van der Waals surface area contributed by atoms with Crippen LogP contribution >= 0.6 is 0 Å². The van der Waals surface area contributed by atoms with Gasteiger partial charge in [-0.1, -0.05) is 18.2 Å². The molecule has 2 heterocycles. The maximum absolute atomic E-state index is 12.2. The number of carbonyl (C=O) groups excluding carboxylic acids is 2. The van der Waals surface area contributed by atoms with Crippen LogP contribution in [-0.4, -0.2) is 32.6 Å². The standard InChI is InChI=1S/C21H21N5O3/c1-13-18(14(2)26-20(24-13)16(11-22)12-23-26)9-10-19(27)29-15(3)21(28)25-17-7-5-4-6-8-17/h4-8,12,15H,9-10H2,1-3H3,(H,25,28). The molecule has 8 heteroatoms. The first-order valence-electron chi connectivity index (χ1n) is 9.20. The van der Waals surface area contributed by atoms with E-state index in [2.05, 4.69) is 21.5 Å². The van der Waals surface area contributed by atoms with Crippen LogP contribution in [0.4, 0.5) is 5.69 Å². The molecule has 2 aromatic heterocycles. The molecular weight excluding hydrogens is 370 g/mol. The summed E-state index contributed by atoms with van der Waals surface area (Å²) in [6.45, 7) is 5.23. The van der Waals surface area contributed by atoms with E-state index in [0.717, 1.165) is 17.0 Å². The molecule has 0 radical (unpaired) electrons. The van der Waals surface area contributed by atoms with E-state index in [1.165, 1.54) is 13.1 Å².